The summed E-state index contributed by atoms with van der Waals surface area (Å²) >= 11 is 0. The summed E-state index contributed by atoms with van der Waals surface area (Å²) in [6.45, 7) is 1.02. The maximum atomic E-state index is 13.0. The van der Waals surface area contributed by atoms with Gasteiger partial charge >= 0.3 is 0 Å². The van der Waals surface area contributed by atoms with Crippen molar-refractivity contribution in [1.82, 2.24) is 14.6 Å². The van der Waals surface area contributed by atoms with Crippen LogP contribution in [0.2, 0.25) is 0 Å². The smallest absolute Gasteiger partial charge is 0.243 e. The molecule has 2 heterocycles. The quantitative estimate of drug-likeness (QED) is 0.914. The average Bonchev–Trinajstić information content (AvgIpc) is 2.78. The summed E-state index contributed by atoms with van der Waals surface area (Å²) in [5, 5.41) is 4.31. The second kappa shape index (κ2) is 6.86. The molecule has 0 radical (unpaired) electrons. The zero-order valence-electron chi connectivity index (χ0n) is 13.6. The van der Waals surface area contributed by atoms with Crippen LogP contribution in [0.15, 0.2) is 41.6 Å². The molecule has 1 aliphatic rings. The minimum atomic E-state index is -3.59. The molecule has 0 spiro atoms. The van der Waals surface area contributed by atoms with E-state index in [1.54, 1.807) is 37.6 Å². The summed E-state index contributed by atoms with van der Waals surface area (Å²) in [5.41, 5.74) is 0. The van der Waals surface area contributed by atoms with Gasteiger partial charge in [0.15, 0.2) is 0 Å². The van der Waals surface area contributed by atoms with Crippen LogP contribution in [0.3, 0.4) is 0 Å². The van der Waals surface area contributed by atoms with Crippen LogP contribution >= 0.6 is 0 Å². The number of fused-ring (bicyclic) bond motifs is 1. The van der Waals surface area contributed by atoms with Crippen molar-refractivity contribution in [1.29, 1.82) is 0 Å². The second-order valence-corrected chi connectivity index (χ2v) is 8.20. The first-order valence-electron chi connectivity index (χ1n) is 8.04. The van der Waals surface area contributed by atoms with Crippen LogP contribution in [0.4, 0.5) is 0 Å². The zero-order chi connectivity index (χ0) is 17.2. The van der Waals surface area contributed by atoms with Crippen molar-refractivity contribution in [2.45, 2.75) is 24.2 Å². The molecule has 1 aromatic carbocycles. The van der Waals surface area contributed by atoms with Crippen molar-refractivity contribution in [2.24, 2.45) is 5.92 Å². The molecule has 0 aliphatic carbocycles. The third-order valence-electron chi connectivity index (χ3n) is 4.50. The van der Waals surface area contributed by atoms with Crippen LogP contribution in [0.1, 0.15) is 19.3 Å². The van der Waals surface area contributed by atoms with E-state index in [1.807, 2.05) is 6.07 Å². The number of carbonyl (C=O) groups excluding carboxylic acids is 1. The number of benzene rings is 1. The number of pyridine rings is 1. The standard InChI is InChI=1S/C17H21N3O3S/c1-20(12-13-5-6-17(21)19-10-7-13)24(22,23)16-4-2-3-14-11-18-9-8-15(14)16/h2-4,8-9,11,13H,5-7,10,12H2,1H3,(H,19,21). The van der Waals surface area contributed by atoms with Gasteiger partial charge in [-0.2, -0.15) is 0 Å². The van der Waals surface area contributed by atoms with Crippen molar-refractivity contribution in [3.8, 4) is 0 Å². The van der Waals surface area contributed by atoms with Gasteiger partial charge in [0.2, 0.25) is 15.9 Å². The molecule has 0 saturated carbocycles. The third kappa shape index (κ3) is 3.42. The van der Waals surface area contributed by atoms with Gasteiger partial charge in [0.05, 0.1) is 4.90 Å². The summed E-state index contributed by atoms with van der Waals surface area (Å²) in [6, 6.07) is 6.94. The van der Waals surface area contributed by atoms with E-state index in [2.05, 4.69) is 10.3 Å². The number of hydrogen-bond donors (Lipinski definition) is 1. The summed E-state index contributed by atoms with van der Waals surface area (Å²) in [5.74, 6) is 0.227. The second-order valence-electron chi connectivity index (χ2n) is 6.18. The topological polar surface area (TPSA) is 79.4 Å². The van der Waals surface area contributed by atoms with Crippen molar-refractivity contribution >= 4 is 26.7 Å². The third-order valence-corrected chi connectivity index (χ3v) is 6.38. The highest BCUT2D eigenvalue weighted by Crippen LogP contribution is 2.26. The van der Waals surface area contributed by atoms with E-state index >= 15 is 0 Å². The Kier molecular flexibility index (Phi) is 4.82. The van der Waals surface area contributed by atoms with Crippen molar-refractivity contribution in [3.63, 3.8) is 0 Å². The highest BCUT2D eigenvalue weighted by molar-refractivity contribution is 7.89. The molecule has 3 rings (SSSR count). The first kappa shape index (κ1) is 16.9. The average molecular weight is 347 g/mol. The molecule has 1 atom stereocenters. The first-order valence-corrected chi connectivity index (χ1v) is 9.48. The van der Waals surface area contributed by atoms with Crippen LogP contribution < -0.4 is 5.32 Å². The molecule has 1 unspecified atom stereocenters. The highest BCUT2D eigenvalue weighted by Gasteiger charge is 2.26. The largest absolute Gasteiger partial charge is 0.356 e. The lowest BCUT2D eigenvalue weighted by Crippen LogP contribution is -2.32. The highest BCUT2D eigenvalue weighted by atomic mass is 32.2. The lowest BCUT2D eigenvalue weighted by Gasteiger charge is -2.23. The zero-order valence-corrected chi connectivity index (χ0v) is 14.4. The lowest BCUT2D eigenvalue weighted by atomic mass is 10.0. The fourth-order valence-corrected chi connectivity index (χ4v) is 4.57. The Morgan fingerprint density at radius 2 is 2.12 bits per heavy atom. The van der Waals surface area contributed by atoms with Gasteiger partial charge in [-0.1, -0.05) is 12.1 Å². The van der Waals surface area contributed by atoms with E-state index in [-0.39, 0.29) is 11.8 Å². The molecule has 0 bridgehead atoms. The molecule has 1 N–H and O–H groups in total. The number of aromatic nitrogens is 1. The van der Waals surface area contributed by atoms with Crippen LogP contribution in [0.5, 0.6) is 0 Å². The fourth-order valence-electron chi connectivity index (χ4n) is 3.11. The van der Waals surface area contributed by atoms with Crippen LogP contribution in [-0.4, -0.2) is 43.8 Å². The Balaban J connectivity index is 1.85. The van der Waals surface area contributed by atoms with E-state index < -0.39 is 10.0 Å². The minimum absolute atomic E-state index is 0.0459. The Morgan fingerprint density at radius 1 is 1.29 bits per heavy atom. The number of carbonyl (C=O) groups is 1. The number of hydrogen-bond acceptors (Lipinski definition) is 4. The maximum Gasteiger partial charge on any atom is 0.243 e. The van der Waals surface area contributed by atoms with Crippen LogP contribution in [0, 0.1) is 5.92 Å². The molecule has 1 amide bonds. The normalized spacial score (nSPS) is 19.2. The van der Waals surface area contributed by atoms with Crippen molar-refractivity contribution < 1.29 is 13.2 Å². The van der Waals surface area contributed by atoms with Gasteiger partial charge in [0.25, 0.3) is 0 Å². The predicted octanol–water partition coefficient (Wildman–Crippen LogP) is 1.77. The molecule has 1 aromatic heterocycles. The van der Waals surface area contributed by atoms with Gasteiger partial charge < -0.3 is 5.32 Å². The monoisotopic (exact) mass is 347 g/mol. The number of rotatable bonds is 4. The van der Waals surface area contributed by atoms with E-state index in [0.717, 1.165) is 11.8 Å². The Bertz CT molecular complexity index is 846. The number of sulfonamides is 1. The molecule has 2 aromatic rings. The molecule has 1 fully saturated rings. The van der Waals surface area contributed by atoms with E-state index in [0.29, 0.717) is 36.2 Å². The molecule has 1 aliphatic heterocycles. The summed E-state index contributed by atoms with van der Waals surface area (Å²) < 4.78 is 27.4. The van der Waals surface area contributed by atoms with Crippen molar-refractivity contribution in [2.75, 3.05) is 20.1 Å². The summed E-state index contributed by atoms with van der Waals surface area (Å²) in [7, 11) is -1.98. The minimum Gasteiger partial charge on any atom is -0.356 e. The molecule has 128 valence electrons. The van der Waals surface area contributed by atoms with Gasteiger partial charge in [-0.3, -0.25) is 9.78 Å². The SMILES string of the molecule is CN(CC1CCNC(=O)CC1)S(=O)(=O)c1cccc2cnccc12. The molecule has 7 heteroatoms. The molecular weight excluding hydrogens is 326 g/mol. The van der Waals surface area contributed by atoms with E-state index in [4.69, 9.17) is 0 Å². The number of amides is 1. The molecule has 1 saturated heterocycles. The maximum absolute atomic E-state index is 13.0. The first-order chi connectivity index (χ1) is 11.5. The molecule has 6 nitrogen and oxygen atoms in total. The summed E-state index contributed by atoms with van der Waals surface area (Å²) in [6.07, 6.45) is 5.23. The Hall–Kier alpha value is -1.99. The Morgan fingerprint density at radius 3 is 2.96 bits per heavy atom. The summed E-state index contributed by atoms with van der Waals surface area (Å²) in [4.78, 5) is 15.8. The van der Waals surface area contributed by atoms with Crippen molar-refractivity contribution in [3.05, 3.63) is 36.7 Å². The fraction of sp³-hybridized carbons (Fsp3) is 0.412. The Labute approximate surface area is 141 Å². The molecular formula is C17H21N3O3S. The van der Waals surface area contributed by atoms with Gasteiger partial charge in [-0.15, -0.1) is 0 Å². The van der Waals surface area contributed by atoms with Gasteiger partial charge in [0, 0.05) is 49.7 Å². The predicted molar refractivity (Wildman–Crippen MR) is 91.9 cm³/mol. The van der Waals surface area contributed by atoms with E-state index in [9.17, 15) is 13.2 Å². The lowest BCUT2D eigenvalue weighted by molar-refractivity contribution is -0.120. The van der Waals surface area contributed by atoms with Crippen LogP contribution in [-0.2, 0) is 14.8 Å². The van der Waals surface area contributed by atoms with Gasteiger partial charge in [0.1, 0.15) is 0 Å². The van der Waals surface area contributed by atoms with Gasteiger partial charge in [-0.25, -0.2) is 12.7 Å². The molecule has 24 heavy (non-hydrogen) atoms. The van der Waals surface area contributed by atoms with E-state index in [1.165, 1.54) is 4.31 Å². The van der Waals surface area contributed by atoms with Crippen LogP contribution in [0.25, 0.3) is 10.8 Å². The van der Waals surface area contributed by atoms with Gasteiger partial charge in [-0.05, 0) is 30.9 Å². The number of nitrogens with one attached hydrogen (secondary N) is 1. The number of nitrogens with zero attached hydrogens (tertiary/aromatic N) is 2.